The van der Waals surface area contributed by atoms with Gasteiger partial charge in [0.05, 0.1) is 16.2 Å². The van der Waals surface area contributed by atoms with Crippen LogP contribution in [-0.2, 0) is 14.3 Å². The van der Waals surface area contributed by atoms with E-state index < -0.39 is 0 Å². The Kier molecular flexibility index (Phi) is 7.90. The molecule has 2 aliphatic heterocycles. The molecule has 3 rings (SSSR count). The van der Waals surface area contributed by atoms with E-state index in [1.807, 2.05) is 25.1 Å². The van der Waals surface area contributed by atoms with Crippen LogP contribution in [0.3, 0.4) is 0 Å². The van der Waals surface area contributed by atoms with Crippen molar-refractivity contribution in [1.82, 2.24) is 4.90 Å². The van der Waals surface area contributed by atoms with Gasteiger partial charge in [-0.05, 0) is 38.0 Å². The number of ether oxygens (including phenoxy) is 1. The number of anilines is 1. The van der Waals surface area contributed by atoms with Crippen LogP contribution < -0.4 is 4.90 Å². The van der Waals surface area contributed by atoms with Gasteiger partial charge in [0.25, 0.3) is 11.8 Å². The van der Waals surface area contributed by atoms with E-state index in [-0.39, 0.29) is 11.8 Å². The third-order valence-corrected chi connectivity index (χ3v) is 6.86. The molecule has 1 fully saturated rings. The zero-order valence-electron chi connectivity index (χ0n) is 16.7. The van der Waals surface area contributed by atoms with Crippen LogP contribution in [0.1, 0.15) is 45.1 Å². The molecule has 0 aromatic heterocycles. The Bertz CT molecular complexity index is 856. The molecule has 2 aliphatic rings. The summed E-state index contributed by atoms with van der Waals surface area (Å²) < 4.78 is 6.74. The lowest BCUT2D eigenvalue weighted by molar-refractivity contribution is -0.122. The smallest absolute Gasteiger partial charge is 0.267 e. The summed E-state index contributed by atoms with van der Waals surface area (Å²) in [7, 11) is 0. The second kappa shape index (κ2) is 10.2. The molecule has 156 valence electrons. The van der Waals surface area contributed by atoms with E-state index in [1.54, 1.807) is 9.80 Å². The van der Waals surface area contributed by atoms with Crippen molar-refractivity contribution in [1.29, 1.82) is 0 Å². The van der Waals surface area contributed by atoms with Crippen LogP contribution in [0.5, 0.6) is 0 Å². The number of benzene rings is 1. The van der Waals surface area contributed by atoms with Gasteiger partial charge in [0, 0.05) is 36.3 Å². The summed E-state index contributed by atoms with van der Waals surface area (Å²) in [5.74, 6) is -0.287. The summed E-state index contributed by atoms with van der Waals surface area (Å²) in [6, 6.07) is 5.80. The highest BCUT2D eigenvalue weighted by Gasteiger charge is 2.41. The number of halogens is 1. The summed E-state index contributed by atoms with van der Waals surface area (Å²) >= 11 is 10.2. The van der Waals surface area contributed by atoms with Crippen LogP contribution in [0.4, 0.5) is 5.69 Å². The molecule has 1 saturated heterocycles. The lowest BCUT2D eigenvalue weighted by Gasteiger charge is -2.17. The Balaban J connectivity index is 1.91. The minimum Gasteiger partial charge on any atom is -0.382 e. The minimum absolute atomic E-state index is 0.107. The number of rotatable bonds is 9. The van der Waals surface area contributed by atoms with E-state index in [0.29, 0.717) is 47.5 Å². The summed E-state index contributed by atoms with van der Waals surface area (Å²) in [5.41, 5.74) is 2.14. The van der Waals surface area contributed by atoms with Crippen LogP contribution in [0.15, 0.2) is 27.6 Å². The molecule has 2 amide bonds. The quantitative estimate of drug-likeness (QED) is 0.274. The van der Waals surface area contributed by atoms with Crippen LogP contribution in [0, 0.1) is 0 Å². The van der Waals surface area contributed by atoms with Gasteiger partial charge in [-0.3, -0.25) is 14.5 Å². The maximum Gasteiger partial charge on any atom is 0.267 e. The lowest BCUT2D eigenvalue weighted by atomic mass is 10.1. The van der Waals surface area contributed by atoms with Crippen molar-refractivity contribution >= 4 is 67.3 Å². The Morgan fingerprint density at radius 3 is 2.55 bits per heavy atom. The van der Waals surface area contributed by atoms with Crippen molar-refractivity contribution in [3.8, 4) is 0 Å². The predicted molar refractivity (Wildman–Crippen MR) is 126 cm³/mol. The highest BCUT2D eigenvalue weighted by molar-refractivity contribution is 9.10. The Morgan fingerprint density at radius 2 is 1.83 bits per heavy atom. The first-order valence-corrected chi connectivity index (χ1v) is 12.0. The number of amides is 2. The molecule has 29 heavy (non-hydrogen) atoms. The van der Waals surface area contributed by atoms with Gasteiger partial charge in [0.1, 0.15) is 4.32 Å². The molecule has 1 aromatic rings. The minimum atomic E-state index is -0.179. The van der Waals surface area contributed by atoms with Crippen molar-refractivity contribution in [3.05, 3.63) is 33.1 Å². The molecule has 5 nitrogen and oxygen atoms in total. The van der Waals surface area contributed by atoms with Gasteiger partial charge >= 0.3 is 0 Å². The summed E-state index contributed by atoms with van der Waals surface area (Å²) in [6.07, 6.45) is 3.79. The lowest BCUT2D eigenvalue weighted by Crippen LogP contribution is -2.31. The molecule has 0 unspecified atom stereocenters. The van der Waals surface area contributed by atoms with Gasteiger partial charge in [0.15, 0.2) is 0 Å². The Hall–Kier alpha value is -1.22. The van der Waals surface area contributed by atoms with Gasteiger partial charge in [-0.25, -0.2) is 0 Å². The highest BCUT2D eigenvalue weighted by Crippen LogP contribution is 2.45. The second-order valence-electron chi connectivity index (χ2n) is 6.90. The van der Waals surface area contributed by atoms with Gasteiger partial charge in [-0.1, -0.05) is 59.7 Å². The number of hydrogen-bond donors (Lipinski definition) is 0. The van der Waals surface area contributed by atoms with E-state index in [9.17, 15) is 9.59 Å². The van der Waals surface area contributed by atoms with Crippen molar-refractivity contribution < 1.29 is 14.3 Å². The SMILES string of the molecule is CCCCCN1C(=O)/C(=C2\SC(=S)N(CCCOCC)C2=O)c2cc(Br)ccc21. The molecule has 0 atom stereocenters. The number of carbonyl (C=O) groups excluding carboxylic acids is 2. The predicted octanol–water partition coefficient (Wildman–Crippen LogP) is 4.98. The summed E-state index contributed by atoms with van der Waals surface area (Å²) in [5, 5.41) is 0. The van der Waals surface area contributed by atoms with Crippen molar-refractivity contribution in [2.24, 2.45) is 0 Å². The average Bonchev–Trinajstić information content (AvgIpc) is 3.12. The number of fused-ring (bicyclic) bond motifs is 1. The summed E-state index contributed by atoms with van der Waals surface area (Å²) in [4.78, 5) is 30.3. The zero-order valence-corrected chi connectivity index (χ0v) is 19.9. The fourth-order valence-electron chi connectivity index (χ4n) is 3.48. The highest BCUT2D eigenvalue weighted by atomic mass is 79.9. The third kappa shape index (κ3) is 4.76. The van der Waals surface area contributed by atoms with E-state index in [0.717, 1.165) is 35.0 Å². The van der Waals surface area contributed by atoms with E-state index >= 15 is 0 Å². The largest absolute Gasteiger partial charge is 0.382 e. The fraction of sp³-hybridized carbons (Fsp3) is 0.476. The molecule has 8 heteroatoms. The van der Waals surface area contributed by atoms with Gasteiger partial charge < -0.3 is 9.64 Å². The fourth-order valence-corrected chi connectivity index (χ4v) is 5.22. The van der Waals surface area contributed by atoms with Crippen LogP contribution >= 0.6 is 39.9 Å². The first kappa shape index (κ1) is 22.5. The van der Waals surface area contributed by atoms with E-state index in [1.165, 1.54) is 11.8 Å². The van der Waals surface area contributed by atoms with Crippen LogP contribution in [-0.4, -0.2) is 47.3 Å². The van der Waals surface area contributed by atoms with E-state index in [4.69, 9.17) is 17.0 Å². The molecule has 1 aromatic carbocycles. The van der Waals surface area contributed by atoms with Gasteiger partial charge in [0.2, 0.25) is 0 Å². The molecule has 0 aliphatic carbocycles. The molecule has 0 bridgehead atoms. The number of hydrogen-bond acceptors (Lipinski definition) is 5. The van der Waals surface area contributed by atoms with E-state index in [2.05, 4.69) is 22.9 Å². The molecule has 0 radical (unpaired) electrons. The van der Waals surface area contributed by atoms with Crippen LogP contribution in [0.2, 0.25) is 0 Å². The van der Waals surface area contributed by atoms with Crippen molar-refractivity contribution in [2.75, 3.05) is 31.2 Å². The molecule has 0 saturated carbocycles. The van der Waals surface area contributed by atoms with Gasteiger partial charge in [-0.15, -0.1) is 0 Å². The molecule has 2 heterocycles. The number of thioether (sulfide) groups is 1. The first-order valence-electron chi connectivity index (χ1n) is 9.97. The molecule has 0 N–H and O–H groups in total. The maximum atomic E-state index is 13.3. The summed E-state index contributed by atoms with van der Waals surface area (Å²) in [6.45, 7) is 6.47. The average molecular weight is 497 g/mol. The zero-order chi connectivity index (χ0) is 21.0. The Labute approximate surface area is 190 Å². The topological polar surface area (TPSA) is 49.9 Å². The first-order chi connectivity index (χ1) is 14.0. The molecular formula is C21H25BrN2O3S2. The molecular weight excluding hydrogens is 472 g/mol. The Morgan fingerprint density at radius 1 is 1.07 bits per heavy atom. The standard InChI is InChI=1S/C21H25BrN2O3S2/c1-3-5-6-10-23-16-9-8-14(22)13-15(16)17(19(23)25)18-20(26)24(21(28)29-18)11-7-12-27-4-2/h8-9,13H,3-7,10-12H2,1-2H3/b18-17-. The van der Waals surface area contributed by atoms with Gasteiger partial charge in [-0.2, -0.15) is 0 Å². The van der Waals surface area contributed by atoms with Crippen LogP contribution in [0.25, 0.3) is 5.57 Å². The maximum absolute atomic E-state index is 13.3. The normalized spacial score (nSPS) is 18.9. The monoisotopic (exact) mass is 496 g/mol. The molecule has 0 spiro atoms. The third-order valence-electron chi connectivity index (χ3n) is 4.91. The number of carbonyl (C=O) groups is 2. The number of unbranched alkanes of at least 4 members (excludes halogenated alkanes) is 2. The number of thiocarbonyl (C=S) groups is 1. The van der Waals surface area contributed by atoms with Crippen molar-refractivity contribution in [2.45, 2.75) is 39.5 Å². The van der Waals surface area contributed by atoms with Crippen molar-refractivity contribution in [3.63, 3.8) is 0 Å². The second-order valence-corrected chi connectivity index (χ2v) is 9.46. The number of nitrogens with zero attached hydrogens (tertiary/aromatic N) is 2.